The molecule has 0 atom stereocenters. The van der Waals surface area contributed by atoms with Gasteiger partial charge in [0.05, 0.1) is 19.5 Å². The van der Waals surface area contributed by atoms with Crippen LogP contribution in [0.2, 0.25) is 5.02 Å². The van der Waals surface area contributed by atoms with Crippen LogP contribution in [0, 0.1) is 0 Å². The van der Waals surface area contributed by atoms with Crippen molar-refractivity contribution >= 4 is 21.6 Å². The summed E-state index contributed by atoms with van der Waals surface area (Å²) in [4.78, 5) is 0.149. The molecule has 1 aromatic heterocycles. The van der Waals surface area contributed by atoms with Crippen molar-refractivity contribution in [3.05, 3.63) is 35.6 Å². The van der Waals surface area contributed by atoms with Gasteiger partial charge in [-0.2, -0.15) is 9.40 Å². The lowest BCUT2D eigenvalue weighted by molar-refractivity contribution is 0.296. The van der Waals surface area contributed by atoms with Crippen LogP contribution in [0.5, 0.6) is 5.75 Å². The van der Waals surface area contributed by atoms with Gasteiger partial charge in [-0.3, -0.25) is 0 Å². The molecule has 0 radical (unpaired) electrons. The first-order chi connectivity index (χ1) is 11.9. The second kappa shape index (κ2) is 7.33. The Labute approximate surface area is 152 Å². The van der Waals surface area contributed by atoms with Crippen LogP contribution in [0.1, 0.15) is 12.8 Å². The molecule has 0 amide bonds. The molecule has 0 spiro atoms. The summed E-state index contributed by atoms with van der Waals surface area (Å²) in [6.07, 6.45) is 4.44. The molecule has 1 fully saturated rings. The van der Waals surface area contributed by atoms with Crippen molar-refractivity contribution in [1.82, 2.24) is 19.4 Å². The van der Waals surface area contributed by atoms with Gasteiger partial charge in [0.2, 0.25) is 10.0 Å². The third kappa shape index (κ3) is 3.67. The van der Waals surface area contributed by atoms with E-state index in [2.05, 4.69) is 10.4 Å². The van der Waals surface area contributed by atoms with E-state index in [0.29, 0.717) is 16.5 Å². The van der Waals surface area contributed by atoms with E-state index in [1.165, 1.54) is 21.4 Å². The predicted molar refractivity (Wildman–Crippen MR) is 96.0 cm³/mol. The van der Waals surface area contributed by atoms with Crippen molar-refractivity contribution in [1.29, 1.82) is 0 Å². The molecule has 3 rings (SSSR count). The summed E-state index contributed by atoms with van der Waals surface area (Å²) in [5, 5.41) is 7.95. The minimum Gasteiger partial charge on any atom is -0.494 e. The molecule has 25 heavy (non-hydrogen) atoms. The van der Waals surface area contributed by atoms with Crippen molar-refractivity contribution in [3.63, 3.8) is 0 Å². The number of methoxy groups -OCH3 is 1. The number of nitrogens with zero attached hydrogens (tertiary/aromatic N) is 3. The molecule has 1 aliphatic rings. The number of aromatic nitrogens is 2. The van der Waals surface area contributed by atoms with Gasteiger partial charge in [-0.05, 0) is 44.1 Å². The highest BCUT2D eigenvalue weighted by Crippen LogP contribution is 2.27. The average Bonchev–Trinajstić information content (AvgIpc) is 3.12. The number of halogens is 1. The summed E-state index contributed by atoms with van der Waals surface area (Å²) < 4.78 is 34.0. The van der Waals surface area contributed by atoms with Crippen molar-refractivity contribution in [2.45, 2.75) is 23.8 Å². The Morgan fingerprint density at radius 1 is 1.36 bits per heavy atom. The molecule has 0 saturated carbocycles. The number of hydrogen-bond acceptors (Lipinski definition) is 5. The van der Waals surface area contributed by atoms with Gasteiger partial charge in [-0.15, -0.1) is 0 Å². The lowest BCUT2D eigenvalue weighted by Crippen LogP contribution is -2.43. The minimum atomic E-state index is -3.61. The molecule has 7 nitrogen and oxygen atoms in total. The lowest BCUT2D eigenvalue weighted by atomic mass is 10.1. The fourth-order valence-corrected chi connectivity index (χ4v) is 4.46. The average molecular weight is 385 g/mol. The topological polar surface area (TPSA) is 76.5 Å². The van der Waals surface area contributed by atoms with Gasteiger partial charge < -0.3 is 10.1 Å². The van der Waals surface area contributed by atoms with E-state index in [1.54, 1.807) is 32.4 Å². The predicted octanol–water partition coefficient (Wildman–Crippen LogP) is 1.91. The highest BCUT2D eigenvalue weighted by molar-refractivity contribution is 7.89. The van der Waals surface area contributed by atoms with Crippen LogP contribution in [0.3, 0.4) is 0 Å². The summed E-state index contributed by atoms with van der Waals surface area (Å²) in [5.74, 6) is 0.558. The molecular formula is C16H21ClN4O3S. The van der Waals surface area contributed by atoms with Gasteiger partial charge in [0.1, 0.15) is 16.3 Å². The third-order valence-electron chi connectivity index (χ3n) is 4.45. The molecule has 1 aliphatic heterocycles. The molecule has 136 valence electrons. The maximum atomic E-state index is 12.9. The number of piperidine rings is 1. The Bertz CT molecular complexity index is 847. The summed E-state index contributed by atoms with van der Waals surface area (Å²) >= 11 is 6.04. The standard InChI is InChI=1S/C16H21ClN4O3S/c1-20(13-5-7-18-8-6-13)25(22,23)14-10-19-21(11-14)15-9-12(17)3-4-16(15)24-2/h3-4,9-11,13,18H,5-8H2,1-2H3. The number of benzene rings is 1. The number of nitrogens with one attached hydrogen (secondary N) is 1. The number of sulfonamides is 1. The minimum absolute atomic E-state index is 0.00435. The fraction of sp³-hybridized carbons (Fsp3) is 0.438. The number of ether oxygens (including phenoxy) is 1. The van der Waals surface area contributed by atoms with Crippen molar-refractivity contribution in [3.8, 4) is 11.4 Å². The Balaban J connectivity index is 1.91. The van der Waals surface area contributed by atoms with E-state index < -0.39 is 10.0 Å². The Kier molecular flexibility index (Phi) is 5.33. The molecule has 1 aromatic carbocycles. The van der Waals surface area contributed by atoms with E-state index in [4.69, 9.17) is 16.3 Å². The highest BCUT2D eigenvalue weighted by Gasteiger charge is 2.30. The zero-order valence-electron chi connectivity index (χ0n) is 14.1. The van der Waals surface area contributed by atoms with E-state index in [-0.39, 0.29) is 10.9 Å². The smallest absolute Gasteiger partial charge is 0.246 e. The van der Waals surface area contributed by atoms with Crippen LogP contribution < -0.4 is 10.1 Å². The van der Waals surface area contributed by atoms with Gasteiger partial charge >= 0.3 is 0 Å². The Morgan fingerprint density at radius 2 is 2.08 bits per heavy atom. The lowest BCUT2D eigenvalue weighted by Gasteiger charge is -2.30. The van der Waals surface area contributed by atoms with Crippen LogP contribution in [-0.4, -0.2) is 55.8 Å². The van der Waals surface area contributed by atoms with Crippen molar-refractivity contribution in [2.75, 3.05) is 27.2 Å². The summed E-state index contributed by atoms with van der Waals surface area (Å²) in [7, 11) is -0.439. The second-order valence-corrected chi connectivity index (χ2v) is 8.37. The molecule has 0 unspecified atom stereocenters. The van der Waals surface area contributed by atoms with E-state index >= 15 is 0 Å². The molecule has 0 aliphatic carbocycles. The first-order valence-electron chi connectivity index (χ1n) is 8.01. The maximum absolute atomic E-state index is 12.9. The van der Waals surface area contributed by atoms with Gasteiger partial charge in [0, 0.05) is 18.1 Å². The number of hydrogen-bond donors (Lipinski definition) is 1. The zero-order chi connectivity index (χ0) is 18.0. The van der Waals surface area contributed by atoms with Crippen molar-refractivity contribution in [2.24, 2.45) is 0 Å². The molecule has 2 aromatic rings. The highest BCUT2D eigenvalue weighted by atomic mass is 35.5. The van der Waals surface area contributed by atoms with E-state index in [9.17, 15) is 8.42 Å². The third-order valence-corrected chi connectivity index (χ3v) is 6.54. The molecule has 0 bridgehead atoms. The molecule has 1 N–H and O–H groups in total. The van der Waals surface area contributed by atoms with Crippen LogP contribution in [-0.2, 0) is 10.0 Å². The fourth-order valence-electron chi connectivity index (χ4n) is 2.95. The van der Waals surface area contributed by atoms with E-state index in [0.717, 1.165) is 25.9 Å². The number of rotatable bonds is 5. The van der Waals surface area contributed by atoms with Crippen LogP contribution in [0.25, 0.3) is 5.69 Å². The molecule has 9 heteroatoms. The van der Waals surface area contributed by atoms with Gasteiger partial charge in [-0.1, -0.05) is 11.6 Å². The second-order valence-electron chi connectivity index (χ2n) is 5.94. The van der Waals surface area contributed by atoms with Crippen LogP contribution >= 0.6 is 11.6 Å². The quantitative estimate of drug-likeness (QED) is 0.852. The van der Waals surface area contributed by atoms with Crippen molar-refractivity contribution < 1.29 is 13.2 Å². The normalized spacial score (nSPS) is 16.3. The van der Waals surface area contributed by atoms with E-state index in [1.807, 2.05) is 0 Å². The van der Waals surface area contributed by atoms with Gasteiger partial charge in [-0.25, -0.2) is 13.1 Å². The first-order valence-corrected chi connectivity index (χ1v) is 9.82. The first kappa shape index (κ1) is 18.2. The van der Waals surface area contributed by atoms with Crippen LogP contribution in [0.4, 0.5) is 0 Å². The molecule has 2 heterocycles. The van der Waals surface area contributed by atoms with Gasteiger partial charge in [0.15, 0.2) is 0 Å². The Morgan fingerprint density at radius 3 is 2.76 bits per heavy atom. The SMILES string of the molecule is COc1ccc(Cl)cc1-n1cc(S(=O)(=O)N(C)C2CCNCC2)cn1. The summed E-state index contributed by atoms with van der Waals surface area (Å²) in [5.41, 5.74) is 0.584. The van der Waals surface area contributed by atoms with Crippen LogP contribution in [0.15, 0.2) is 35.5 Å². The maximum Gasteiger partial charge on any atom is 0.246 e. The largest absolute Gasteiger partial charge is 0.494 e. The zero-order valence-corrected chi connectivity index (χ0v) is 15.7. The Hall–Kier alpha value is -1.61. The molecule has 1 saturated heterocycles. The van der Waals surface area contributed by atoms with Gasteiger partial charge in [0.25, 0.3) is 0 Å². The summed E-state index contributed by atoms with van der Waals surface area (Å²) in [6.45, 7) is 1.65. The molecular weight excluding hydrogens is 364 g/mol. The monoisotopic (exact) mass is 384 g/mol. The summed E-state index contributed by atoms with van der Waals surface area (Å²) in [6, 6.07) is 5.10.